The Bertz CT molecular complexity index is 1460. The number of thioether (sulfide) groups is 1. The molecule has 0 radical (unpaired) electrons. The summed E-state index contributed by atoms with van der Waals surface area (Å²) in [4.78, 5) is 28.2. The molecule has 0 aliphatic rings. The lowest BCUT2D eigenvalue weighted by atomic mass is 10.1. The number of para-hydroxylation sites is 1. The molecule has 0 N–H and O–H groups in total. The number of aromatic nitrogens is 5. The van der Waals surface area contributed by atoms with E-state index < -0.39 is 0 Å². The van der Waals surface area contributed by atoms with Gasteiger partial charge < -0.3 is 0 Å². The summed E-state index contributed by atoms with van der Waals surface area (Å²) in [6.45, 7) is 5.56. The highest BCUT2D eigenvalue weighted by Crippen LogP contribution is 2.32. The smallest absolute Gasteiger partial charge is 0.230 e. The Morgan fingerprint density at radius 1 is 1.09 bits per heavy atom. The van der Waals surface area contributed by atoms with E-state index in [2.05, 4.69) is 17.0 Å². The molecule has 0 aliphatic carbocycles. The van der Waals surface area contributed by atoms with E-state index in [0.717, 1.165) is 39.5 Å². The van der Waals surface area contributed by atoms with Crippen LogP contribution in [0.4, 0.5) is 10.8 Å². The van der Waals surface area contributed by atoms with E-state index in [0.29, 0.717) is 16.7 Å². The maximum absolute atomic E-state index is 12.4. The van der Waals surface area contributed by atoms with Crippen LogP contribution >= 0.6 is 23.1 Å². The molecule has 9 heteroatoms. The van der Waals surface area contributed by atoms with Gasteiger partial charge in [0.05, 0.1) is 16.9 Å². The Morgan fingerprint density at radius 2 is 1.88 bits per heavy atom. The molecule has 0 fully saturated rings. The third-order valence-electron chi connectivity index (χ3n) is 5.25. The quantitative estimate of drug-likeness (QED) is 0.236. The average Bonchev–Trinajstić information content (AvgIpc) is 3.44. The fourth-order valence-electron chi connectivity index (χ4n) is 3.64. The molecule has 0 aliphatic heterocycles. The molecule has 1 amide bonds. The van der Waals surface area contributed by atoms with Crippen LogP contribution < -0.4 is 4.90 Å². The Morgan fingerprint density at radius 3 is 2.64 bits per heavy atom. The number of hydrogen-bond acceptors (Lipinski definition) is 7. The molecule has 0 atom stereocenters. The summed E-state index contributed by atoms with van der Waals surface area (Å²) in [6, 6.07) is 16.0. The molecule has 33 heavy (non-hydrogen) atoms. The van der Waals surface area contributed by atoms with Crippen molar-refractivity contribution in [3.8, 4) is 0 Å². The minimum absolute atomic E-state index is 0.0659. The molecular formula is C24H22N6OS2. The molecular weight excluding hydrogens is 452 g/mol. The average molecular weight is 475 g/mol. The van der Waals surface area contributed by atoms with Crippen molar-refractivity contribution in [1.82, 2.24) is 24.6 Å². The summed E-state index contributed by atoms with van der Waals surface area (Å²) in [7, 11) is 0. The van der Waals surface area contributed by atoms with Crippen molar-refractivity contribution in [2.24, 2.45) is 0 Å². The number of rotatable bonds is 6. The van der Waals surface area contributed by atoms with Gasteiger partial charge >= 0.3 is 0 Å². The van der Waals surface area contributed by atoms with Gasteiger partial charge in [-0.25, -0.2) is 15.0 Å². The molecule has 0 unspecified atom stereocenters. The Hall–Kier alpha value is -3.30. The Labute approximate surface area is 199 Å². The minimum atomic E-state index is -0.0659. The monoisotopic (exact) mass is 474 g/mol. The second-order valence-corrected chi connectivity index (χ2v) is 9.37. The van der Waals surface area contributed by atoms with Gasteiger partial charge in [-0.15, -0.1) is 16.4 Å². The summed E-state index contributed by atoms with van der Waals surface area (Å²) in [5.41, 5.74) is 4.63. The molecule has 166 valence electrons. The first-order valence-electron chi connectivity index (χ1n) is 10.6. The predicted octanol–water partition coefficient (Wildman–Crippen LogP) is 5.58. The third kappa shape index (κ3) is 4.21. The first kappa shape index (κ1) is 21.5. The van der Waals surface area contributed by atoms with Crippen LogP contribution in [0.15, 0.2) is 59.1 Å². The number of hydrogen-bond donors (Lipinski definition) is 0. The molecule has 0 saturated carbocycles. The molecule has 2 aromatic carbocycles. The lowest BCUT2D eigenvalue weighted by Gasteiger charge is -2.18. The van der Waals surface area contributed by atoms with Gasteiger partial charge in [-0.1, -0.05) is 43.0 Å². The maximum atomic E-state index is 12.4. The van der Waals surface area contributed by atoms with Gasteiger partial charge in [-0.2, -0.15) is 4.52 Å². The topological polar surface area (TPSA) is 76.3 Å². The van der Waals surface area contributed by atoms with E-state index in [1.165, 1.54) is 16.9 Å². The number of thiazole rings is 1. The number of amides is 1. The van der Waals surface area contributed by atoms with E-state index in [1.807, 2.05) is 60.8 Å². The fraction of sp³-hybridized carbons (Fsp3) is 0.208. The van der Waals surface area contributed by atoms with Gasteiger partial charge in [0, 0.05) is 23.4 Å². The zero-order valence-electron chi connectivity index (χ0n) is 18.5. The highest BCUT2D eigenvalue weighted by Gasteiger charge is 2.19. The van der Waals surface area contributed by atoms with Crippen molar-refractivity contribution >= 4 is 56.4 Å². The van der Waals surface area contributed by atoms with Gasteiger partial charge in [0.2, 0.25) is 5.91 Å². The van der Waals surface area contributed by atoms with Crippen molar-refractivity contribution in [1.29, 1.82) is 0 Å². The normalized spacial score (nSPS) is 11.4. The SMILES string of the molecule is CCc1ccc(N(C(C)=O)c2nc(CSc3nc4ccccc4c4nc(C)nn34)cs2)cc1. The number of anilines is 2. The van der Waals surface area contributed by atoms with Crippen LogP contribution in [-0.2, 0) is 17.0 Å². The summed E-state index contributed by atoms with van der Waals surface area (Å²) < 4.78 is 1.80. The van der Waals surface area contributed by atoms with Crippen LogP contribution in [0.5, 0.6) is 0 Å². The molecule has 7 nitrogen and oxygen atoms in total. The van der Waals surface area contributed by atoms with Gasteiger partial charge in [-0.3, -0.25) is 9.69 Å². The zero-order valence-corrected chi connectivity index (χ0v) is 20.2. The number of carbonyl (C=O) groups excluding carboxylic acids is 1. The predicted molar refractivity (Wildman–Crippen MR) is 133 cm³/mol. The van der Waals surface area contributed by atoms with Gasteiger partial charge in [0.1, 0.15) is 5.82 Å². The van der Waals surface area contributed by atoms with Crippen molar-refractivity contribution < 1.29 is 4.79 Å². The number of aryl methyl sites for hydroxylation is 2. The summed E-state index contributed by atoms with van der Waals surface area (Å²) in [5.74, 6) is 1.25. The summed E-state index contributed by atoms with van der Waals surface area (Å²) >= 11 is 3.02. The van der Waals surface area contributed by atoms with Crippen LogP contribution in [0.25, 0.3) is 16.6 Å². The maximum Gasteiger partial charge on any atom is 0.230 e. The second-order valence-electron chi connectivity index (χ2n) is 7.59. The second kappa shape index (κ2) is 8.92. The minimum Gasteiger partial charge on any atom is -0.274 e. The Kier molecular flexibility index (Phi) is 5.82. The van der Waals surface area contributed by atoms with Crippen LogP contribution in [0, 0.1) is 6.92 Å². The van der Waals surface area contributed by atoms with E-state index in [4.69, 9.17) is 9.97 Å². The first-order chi connectivity index (χ1) is 16.0. The molecule has 5 rings (SSSR count). The summed E-state index contributed by atoms with van der Waals surface area (Å²) in [6.07, 6.45) is 0.959. The molecule has 0 saturated heterocycles. The van der Waals surface area contributed by atoms with Gasteiger partial charge in [-0.05, 0) is 43.2 Å². The van der Waals surface area contributed by atoms with Crippen LogP contribution in [0.1, 0.15) is 30.9 Å². The zero-order chi connectivity index (χ0) is 22.9. The van der Waals surface area contributed by atoms with E-state index in [-0.39, 0.29) is 5.91 Å². The highest BCUT2D eigenvalue weighted by molar-refractivity contribution is 7.98. The van der Waals surface area contributed by atoms with Crippen molar-refractivity contribution in [3.05, 3.63) is 71.0 Å². The summed E-state index contributed by atoms with van der Waals surface area (Å²) in [5, 5.41) is 8.93. The largest absolute Gasteiger partial charge is 0.274 e. The van der Waals surface area contributed by atoms with E-state index in [1.54, 1.807) is 28.1 Å². The Balaban J connectivity index is 1.41. The number of fused-ring (bicyclic) bond motifs is 3. The van der Waals surface area contributed by atoms with Gasteiger partial charge in [0.15, 0.2) is 15.9 Å². The molecule has 3 heterocycles. The highest BCUT2D eigenvalue weighted by atomic mass is 32.2. The lowest BCUT2D eigenvalue weighted by Crippen LogP contribution is -2.22. The fourth-order valence-corrected chi connectivity index (χ4v) is 5.47. The standard InChI is InChI=1S/C24H22N6OS2/c1-4-17-9-11-19(12-10-17)29(16(3)31)23-26-18(13-32-23)14-33-24-27-21-8-6-5-7-20(21)22-25-15(2)28-30(22)24/h5-13H,4,14H2,1-3H3. The van der Waals surface area contributed by atoms with E-state index in [9.17, 15) is 4.79 Å². The third-order valence-corrected chi connectivity index (χ3v) is 7.09. The van der Waals surface area contributed by atoms with Gasteiger partial charge in [0.25, 0.3) is 0 Å². The number of carbonyl (C=O) groups is 1. The molecule has 5 aromatic rings. The number of nitrogens with zero attached hydrogens (tertiary/aromatic N) is 6. The molecule has 0 bridgehead atoms. The van der Waals surface area contributed by atoms with Crippen LogP contribution in [-0.4, -0.2) is 30.5 Å². The first-order valence-corrected chi connectivity index (χ1v) is 12.5. The number of benzene rings is 2. The molecule has 0 spiro atoms. The van der Waals surface area contributed by atoms with Crippen LogP contribution in [0.2, 0.25) is 0 Å². The van der Waals surface area contributed by atoms with Crippen molar-refractivity contribution in [3.63, 3.8) is 0 Å². The van der Waals surface area contributed by atoms with Crippen molar-refractivity contribution in [2.45, 2.75) is 38.1 Å². The van der Waals surface area contributed by atoms with Crippen molar-refractivity contribution in [2.75, 3.05) is 4.90 Å². The van der Waals surface area contributed by atoms with E-state index >= 15 is 0 Å². The lowest BCUT2D eigenvalue weighted by molar-refractivity contribution is -0.115. The van der Waals surface area contributed by atoms with Crippen LogP contribution in [0.3, 0.4) is 0 Å². The molecule has 3 aromatic heterocycles.